The van der Waals surface area contributed by atoms with Crippen molar-refractivity contribution in [1.82, 2.24) is 0 Å². The molecule has 0 aliphatic rings. The van der Waals surface area contributed by atoms with Gasteiger partial charge in [0.15, 0.2) is 0 Å². The second-order valence-electron chi connectivity index (χ2n) is 4.38. The lowest BCUT2D eigenvalue weighted by atomic mass is 10.1. The lowest BCUT2D eigenvalue weighted by molar-refractivity contribution is 0.105. The summed E-state index contributed by atoms with van der Waals surface area (Å²) in [4.78, 5) is 0. The summed E-state index contributed by atoms with van der Waals surface area (Å²) in [5.41, 5.74) is 6.17. The minimum Gasteiger partial charge on any atom is -0.375 e. The van der Waals surface area contributed by atoms with Crippen LogP contribution in [0.4, 0.5) is 13.2 Å². The summed E-state index contributed by atoms with van der Waals surface area (Å²) in [6.07, 6.45) is 0. The van der Waals surface area contributed by atoms with E-state index >= 15 is 0 Å². The Morgan fingerprint density at radius 1 is 1.00 bits per heavy atom. The van der Waals surface area contributed by atoms with Crippen molar-refractivity contribution < 1.29 is 17.9 Å². The molecular formula is C15H14F3NO. The van der Waals surface area contributed by atoms with Crippen molar-refractivity contribution in [2.45, 2.75) is 12.6 Å². The highest BCUT2D eigenvalue weighted by Gasteiger charge is 2.13. The molecule has 5 heteroatoms. The molecule has 0 bridgehead atoms. The first-order chi connectivity index (χ1) is 9.58. The second kappa shape index (κ2) is 6.54. The molecule has 0 saturated heterocycles. The van der Waals surface area contributed by atoms with Crippen LogP contribution in [0.5, 0.6) is 0 Å². The third-order valence-corrected chi connectivity index (χ3v) is 2.87. The molecule has 2 aromatic carbocycles. The van der Waals surface area contributed by atoms with E-state index in [0.717, 1.165) is 18.2 Å². The van der Waals surface area contributed by atoms with Crippen LogP contribution < -0.4 is 5.73 Å². The van der Waals surface area contributed by atoms with Gasteiger partial charge >= 0.3 is 0 Å². The van der Waals surface area contributed by atoms with E-state index in [9.17, 15) is 13.2 Å². The van der Waals surface area contributed by atoms with Gasteiger partial charge in [-0.2, -0.15) is 0 Å². The van der Waals surface area contributed by atoms with E-state index < -0.39 is 17.7 Å². The number of ether oxygens (including phenoxy) is 1. The molecule has 2 aromatic rings. The maximum Gasteiger partial charge on any atom is 0.128 e. The molecule has 0 aromatic heterocycles. The zero-order chi connectivity index (χ0) is 14.5. The van der Waals surface area contributed by atoms with E-state index in [0.29, 0.717) is 5.56 Å². The van der Waals surface area contributed by atoms with Crippen LogP contribution in [0.15, 0.2) is 42.5 Å². The van der Waals surface area contributed by atoms with Gasteiger partial charge in [0.1, 0.15) is 17.5 Å². The van der Waals surface area contributed by atoms with Crippen LogP contribution in [-0.4, -0.2) is 6.61 Å². The van der Waals surface area contributed by atoms with Crippen molar-refractivity contribution in [1.29, 1.82) is 0 Å². The van der Waals surface area contributed by atoms with Gasteiger partial charge in [-0.1, -0.05) is 18.2 Å². The van der Waals surface area contributed by atoms with Crippen molar-refractivity contribution in [2.75, 3.05) is 6.61 Å². The Morgan fingerprint density at radius 3 is 2.50 bits per heavy atom. The Balaban J connectivity index is 1.94. The number of halogens is 3. The zero-order valence-electron chi connectivity index (χ0n) is 10.7. The lowest BCUT2D eigenvalue weighted by Crippen LogP contribution is -2.19. The number of benzene rings is 2. The van der Waals surface area contributed by atoms with Gasteiger partial charge in [0.25, 0.3) is 0 Å². The zero-order valence-corrected chi connectivity index (χ0v) is 10.7. The molecule has 1 atom stereocenters. The first-order valence-corrected chi connectivity index (χ1v) is 6.09. The lowest BCUT2D eigenvalue weighted by Gasteiger charge is -2.14. The highest BCUT2D eigenvalue weighted by Crippen LogP contribution is 2.17. The third kappa shape index (κ3) is 3.59. The van der Waals surface area contributed by atoms with Crippen LogP contribution in [0.25, 0.3) is 0 Å². The summed E-state index contributed by atoms with van der Waals surface area (Å²) in [6, 6.07) is 8.44. The summed E-state index contributed by atoms with van der Waals surface area (Å²) in [6.45, 7) is -0.00792. The fourth-order valence-corrected chi connectivity index (χ4v) is 1.80. The van der Waals surface area contributed by atoms with Crippen LogP contribution in [0, 0.1) is 17.5 Å². The minimum atomic E-state index is -0.808. The molecule has 0 amide bonds. The second-order valence-corrected chi connectivity index (χ2v) is 4.38. The average molecular weight is 281 g/mol. The van der Waals surface area contributed by atoms with Gasteiger partial charge in [-0.25, -0.2) is 13.2 Å². The summed E-state index contributed by atoms with van der Waals surface area (Å²) < 4.78 is 45.1. The van der Waals surface area contributed by atoms with Gasteiger partial charge in [-0.05, 0) is 24.3 Å². The van der Waals surface area contributed by atoms with Crippen LogP contribution in [-0.2, 0) is 11.3 Å². The first-order valence-electron chi connectivity index (χ1n) is 6.09. The SMILES string of the molecule is NC(COCc1ccccc1F)c1cc(F)ccc1F. The highest BCUT2D eigenvalue weighted by molar-refractivity contribution is 5.22. The van der Waals surface area contributed by atoms with Gasteiger partial charge < -0.3 is 10.5 Å². The van der Waals surface area contributed by atoms with Crippen molar-refractivity contribution in [3.63, 3.8) is 0 Å². The Morgan fingerprint density at radius 2 is 1.75 bits per heavy atom. The average Bonchev–Trinajstić information content (AvgIpc) is 2.43. The molecular weight excluding hydrogens is 267 g/mol. The van der Waals surface area contributed by atoms with Gasteiger partial charge in [-0.15, -0.1) is 0 Å². The van der Waals surface area contributed by atoms with E-state index in [1.165, 1.54) is 6.07 Å². The van der Waals surface area contributed by atoms with E-state index in [4.69, 9.17) is 10.5 Å². The normalized spacial score (nSPS) is 12.4. The number of rotatable bonds is 5. The number of hydrogen-bond donors (Lipinski definition) is 1. The van der Waals surface area contributed by atoms with Gasteiger partial charge in [0.2, 0.25) is 0 Å². The molecule has 1 unspecified atom stereocenters. The maximum atomic E-state index is 13.5. The van der Waals surface area contributed by atoms with Crippen LogP contribution >= 0.6 is 0 Å². The molecule has 2 N–H and O–H groups in total. The van der Waals surface area contributed by atoms with Crippen LogP contribution in [0.3, 0.4) is 0 Å². The minimum absolute atomic E-state index is 0.0251. The highest BCUT2D eigenvalue weighted by atomic mass is 19.1. The molecule has 0 spiro atoms. The quantitative estimate of drug-likeness (QED) is 0.912. The molecule has 0 aliphatic carbocycles. The fraction of sp³-hybridized carbons (Fsp3) is 0.200. The Labute approximate surface area is 115 Å². The van der Waals surface area contributed by atoms with E-state index in [2.05, 4.69) is 0 Å². The summed E-state index contributed by atoms with van der Waals surface area (Å²) in [7, 11) is 0. The largest absolute Gasteiger partial charge is 0.375 e. The molecule has 2 rings (SSSR count). The Kier molecular flexibility index (Phi) is 4.76. The number of nitrogens with two attached hydrogens (primary N) is 1. The predicted octanol–water partition coefficient (Wildman–Crippen LogP) is 3.32. The third-order valence-electron chi connectivity index (χ3n) is 2.87. The van der Waals surface area contributed by atoms with Crippen LogP contribution in [0.2, 0.25) is 0 Å². The fourth-order valence-electron chi connectivity index (χ4n) is 1.80. The van der Waals surface area contributed by atoms with Crippen LogP contribution in [0.1, 0.15) is 17.2 Å². The smallest absolute Gasteiger partial charge is 0.128 e. The maximum absolute atomic E-state index is 13.5. The summed E-state index contributed by atoms with van der Waals surface area (Å²) in [5.74, 6) is -1.53. The van der Waals surface area contributed by atoms with Crippen molar-refractivity contribution in [3.05, 3.63) is 71.0 Å². The first kappa shape index (κ1) is 14.6. The van der Waals surface area contributed by atoms with Crippen molar-refractivity contribution >= 4 is 0 Å². The Bertz CT molecular complexity index is 589. The molecule has 106 valence electrons. The standard InChI is InChI=1S/C15H14F3NO/c16-11-5-6-14(18)12(7-11)15(19)9-20-8-10-3-1-2-4-13(10)17/h1-7,15H,8-9,19H2. The Hall–Kier alpha value is -1.85. The van der Waals surface area contributed by atoms with Gasteiger partial charge in [-0.3, -0.25) is 0 Å². The summed E-state index contributed by atoms with van der Waals surface area (Å²) in [5, 5.41) is 0. The van der Waals surface area contributed by atoms with E-state index in [1.54, 1.807) is 18.2 Å². The molecule has 0 radical (unpaired) electrons. The molecule has 0 saturated carbocycles. The molecule has 0 aliphatic heterocycles. The molecule has 0 fully saturated rings. The molecule has 0 heterocycles. The topological polar surface area (TPSA) is 35.2 Å². The molecule has 2 nitrogen and oxygen atoms in total. The monoisotopic (exact) mass is 281 g/mol. The van der Waals surface area contributed by atoms with Crippen molar-refractivity contribution in [3.8, 4) is 0 Å². The molecule has 20 heavy (non-hydrogen) atoms. The van der Waals surface area contributed by atoms with E-state index in [-0.39, 0.29) is 24.6 Å². The van der Waals surface area contributed by atoms with Crippen molar-refractivity contribution in [2.24, 2.45) is 5.73 Å². The van der Waals surface area contributed by atoms with Gasteiger partial charge in [0, 0.05) is 11.1 Å². The van der Waals surface area contributed by atoms with Gasteiger partial charge in [0.05, 0.1) is 19.3 Å². The predicted molar refractivity (Wildman–Crippen MR) is 69.3 cm³/mol. The summed E-state index contributed by atoms with van der Waals surface area (Å²) >= 11 is 0. The van der Waals surface area contributed by atoms with E-state index in [1.807, 2.05) is 0 Å². The number of hydrogen-bond acceptors (Lipinski definition) is 2.